The fourth-order valence-corrected chi connectivity index (χ4v) is 5.31. The zero-order valence-electron chi connectivity index (χ0n) is 25.6. The summed E-state index contributed by atoms with van der Waals surface area (Å²) >= 11 is 0. The van der Waals surface area contributed by atoms with Crippen molar-refractivity contribution in [3.63, 3.8) is 0 Å². The first-order valence-corrected chi connectivity index (χ1v) is 14.7. The van der Waals surface area contributed by atoms with Crippen molar-refractivity contribution < 1.29 is 33.0 Å². The maximum absolute atomic E-state index is 12.5. The van der Waals surface area contributed by atoms with E-state index in [1.165, 1.54) is 0 Å². The summed E-state index contributed by atoms with van der Waals surface area (Å²) in [7, 11) is 0. The van der Waals surface area contributed by atoms with E-state index in [0.717, 1.165) is 17.7 Å². The molecule has 0 aliphatic carbocycles. The van der Waals surface area contributed by atoms with Gasteiger partial charge in [0.1, 0.15) is 11.1 Å². The summed E-state index contributed by atoms with van der Waals surface area (Å²) in [5.41, 5.74) is 9.67. The summed E-state index contributed by atoms with van der Waals surface area (Å²) in [6.07, 6.45) is 1.92. The van der Waals surface area contributed by atoms with E-state index in [0.29, 0.717) is 83.1 Å². The Hall–Kier alpha value is -3.64. The predicted octanol–water partition coefficient (Wildman–Crippen LogP) is 4.32. The third-order valence-corrected chi connectivity index (χ3v) is 7.23. The van der Waals surface area contributed by atoms with Crippen LogP contribution in [0.5, 0.6) is 0 Å². The van der Waals surface area contributed by atoms with Crippen LogP contribution in [0.15, 0.2) is 32.5 Å². The molecule has 2 heterocycles. The lowest BCUT2D eigenvalue weighted by atomic mass is 9.79. The zero-order chi connectivity index (χ0) is 31.2. The van der Waals surface area contributed by atoms with Gasteiger partial charge in [0.15, 0.2) is 0 Å². The number of fused-ring (bicyclic) bond motifs is 2. The molecular formula is C30H43N5O8. The highest BCUT2D eigenvalue weighted by atomic mass is 16.5. The first kappa shape index (κ1) is 33.9. The van der Waals surface area contributed by atoms with Crippen molar-refractivity contribution in [3.05, 3.63) is 50.2 Å². The Kier molecular flexibility index (Phi) is 13.3. The molecule has 236 valence electrons. The van der Waals surface area contributed by atoms with Gasteiger partial charge in [-0.05, 0) is 62.8 Å². The second-order valence-corrected chi connectivity index (χ2v) is 10.9. The van der Waals surface area contributed by atoms with Crippen molar-refractivity contribution in [1.29, 1.82) is 0 Å². The van der Waals surface area contributed by atoms with Gasteiger partial charge in [0.25, 0.3) is 0 Å². The summed E-state index contributed by atoms with van der Waals surface area (Å²) in [5.74, 6) is -0.484. The molecule has 1 aromatic heterocycles. The Morgan fingerprint density at radius 2 is 1.81 bits per heavy atom. The normalized spacial score (nSPS) is 15.5. The van der Waals surface area contributed by atoms with Crippen LogP contribution >= 0.6 is 0 Å². The third kappa shape index (κ3) is 9.96. The van der Waals surface area contributed by atoms with Gasteiger partial charge in [-0.1, -0.05) is 12.0 Å². The molecular weight excluding hydrogens is 558 g/mol. The number of hydrogen-bond acceptors (Lipinski definition) is 10. The third-order valence-electron chi connectivity index (χ3n) is 7.23. The fraction of sp³-hybridized carbons (Fsp3) is 0.633. The molecule has 0 spiro atoms. The molecule has 0 bridgehead atoms. The number of esters is 1. The van der Waals surface area contributed by atoms with Crippen LogP contribution in [0, 0.1) is 0 Å². The molecule has 1 amide bonds. The molecule has 0 fully saturated rings. The number of hydrogen-bond donors (Lipinski definition) is 1. The van der Waals surface area contributed by atoms with Crippen LogP contribution in [0.2, 0.25) is 0 Å². The maximum atomic E-state index is 12.5. The van der Waals surface area contributed by atoms with Crippen LogP contribution < -0.4 is 15.8 Å². The second kappa shape index (κ2) is 16.9. The van der Waals surface area contributed by atoms with Crippen molar-refractivity contribution in [2.75, 3.05) is 70.8 Å². The molecule has 1 unspecified atom stereocenters. The Labute approximate surface area is 251 Å². The Morgan fingerprint density at radius 1 is 1.12 bits per heavy atom. The summed E-state index contributed by atoms with van der Waals surface area (Å²) in [4.78, 5) is 42.1. The zero-order valence-corrected chi connectivity index (χ0v) is 25.6. The van der Waals surface area contributed by atoms with E-state index in [1.807, 2.05) is 12.1 Å². The first-order chi connectivity index (χ1) is 20.7. The van der Waals surface area contributed by atoms with Crippen molar-refractivity contribution in [1.82, 2.24) is 5.32 Å². The van der Waals surface area contributed by atoms with Crippen molar-refractivity contribution in [3.8, 4) is 0 Å². The van der Waals surface area contributed by atoms with Crippen LogP contribution in [0.3, 0.4) is 0 Å². The monoisotopic (exact) mass is 601 g/mol. The van der Waals surface area contributed by atoms with E-state index in [9.17, 15) is 14.4 Å². The molecule has 1 aliphatic heterocycles. The van der Waals surface area contributed by atoms with Crippen LogP contribution in [0.25, 0.3) is 21.4 Å². The molecule has 0 radical (unpaired) electrons. The predicted molar refractivity (Wildman–Crippen MR) is 162 cm³/mol. The minimum Gasteiger partial charge on any atom is -0.462 e. The van der Waals surface area contributed by atoms with Gasteiger partial charge < -0.3 is 33.6 Å². The van der Waals surface area contributed by atoms with E-state index in [2.05, 4.69) is 41.0 Å². The lowest BCUT2D eigenvalue weighted by Gasteiger charge is -2.47. The molecule has 43 heavy (non-hydrogen) atoms. The molecule has 0 saturated heterocycles. The van der Waals surface area contributed by atoms with E-state index in [4.69, 9.17) is 28.9 Å². The van der Waals surface area contributed by atoms with Gasteiger partial charge in [0, 0.05) is 53.6 Å². The summed E-state index contributed by atoms with van der Waals surface area (Å²) < 4.78 is 26.7. The van der Waals surface area contributed by atoms with Crippen LogP contribution in [0.4, 0.5) is 5.69 Å². The van der Waals surface area contributed by atoms with Crippen molar-refractivity contribution >= 4 is 28.5 Å². The number of azide groups is 1. The van der Waals surface area contributed by atoms with Crippen LogP contribution in [-0.4, -0.2) is 83.3 Å². The Morgan fingerprint density at radius 3 is 2.51 bits per heavy atom. The van der Waals surface area contributed by atoms with Crippen LogP contribution in [0.1, 0.15) is 68.8 Å². The number of anilines is 1. The Bertz CT molecular complexity index is 1340. The van der Waals surface area contributed by atoms with Gasteiger partial charge in [-0.25, -0.2) is 9.59 Å². The summed E-state index contributed by atoms with van der Waals surface area (Å²) in [6.45, 7) is 12.2. The SMILES string of the molecule is CCOC(=O)c1cc2cc3c(cc2oc1=O)N(CCCC(=O)NCCOCCOCCOCCN=[N+]=[N-])C(C)(C)CC3C. The maximum Gasteiger partial charge on any atom is 0.351 e. The number of carbonyl (C=O) groups excluding carboxylic acids is 2. The van der Waals surface area contributed by atoms with Gasteiger partial charge in [-0.15, -0.1) is 0 Å². The smallest absolute Gasteiger partial charge is 0.351 e. The van der Waals surface area contributed by atoms with Crippen molar-refractivity contribution in [2.45, 2.75) is 58.4 Å². The minimum absolute atomic E-state index is 0.0443. The summed E-state index contributed by atoms with van der Waals surface area (Å²) in [5, 5.41) is 6.94. The number of nitrogens with one attached hydrogen (secondary N) is 1. The molecule has 3 rings (SSSR count). The lowest BCUT2D eigenvalue weighted by Crippen LogP contribution is -2.49. The highest BCUT2D eigenvalue weighted by Gasteiger charge is 2.36. The van der Waals surface area contributed by atoms with Gasteiger partial charge in [0.2, 0.25) is 5.91 Å². The van der Waals surface area contributed by atoms with Crippen molar-refractivity contribution in [2.24, 2.45) is 5.11 Å². The average Bonchev–Trinajstić information content (AvgIpc) is 2.96. The number of benzene rings is 1. The highest BCUT2D eigenvalue weighted by molar-refractivity contribution is 5.94. The van der Waals surface area contributed by atoms with Gasteiger partial charge in [-0.2, -0.15) is 0 Å². The van der Waals surface area contributed by atoms with E-state index >= 15 is 0 Å². The van der Waals surface area contributed by atoms with E-state index in [-0.39, 0.29) is 29.5 Å². The molecule has 1 atom stereocenters. The first-order valence-electron chi connectivity index (χ1n) is 14.7. The molecule has 1 N–H and O–H groups in total. The molecule has 13 nitrogen and oxygen atoms in total. The minimum atomic E-state index is -0.723. The second-order valence-electron chi connectivity index (χ2n) is 10.9. The largest absolute Gasteiger partial charge is 0.462 e. The quantitative estimate of drug-likeness (QED) is 0.0654. The number of amides is 1. The summed E-state index contributed by atoms with van der Waals surface area (Å²) in [6, 6.07) is 5.41. The molecule has 0 saturated carbocycles. The molecule has 13 heteroatoms. The highest BCUT2D eigenvalue weighted by Crippen LogP contribution is 2.45. The van der Waals surface area contributed by atoms with Gasteiger partial charge in [-0.3, -0.25) is 4.79 Å². The molecule has 1 aliphatic rings. The fourth-order valence-electron chi connectivity index (χ4n) is 5.31. The van der Waals surface area contributed by atoms with E-state index < -0.39 is 11.6 Å². The number of ether oxygens (including phenoxy) is 4. The Balaban J connectivity index is 1.46. The average molecular weight is 602 g/mol. The lowest BCUT2D eigenvalue weighted by molar-refractivity contribution is -0.121. The molecule has 1 aromatic carbocycles. The number of carbonyl (C=O) groups is 2. The van der Waals surface area contributed by atoms with E-state index in [1.54, 1.807) is 13.0 Å². The number of rotatable bonds is 18. The number of nitrogens with zero attached hydrogens (tertiary/aromatic N) is 4. The standard InChI is InChI=1S/C30H43N5O8/c1-5-42-28(37)24-18-22-17-23-21(2)20-30(3,4)35(25(23)19-26(22)43-29(24)38)10-6-7-27(36)32-8-11-39-13-15-41-16-14-40-12-9-33-34-31/h17-19,21H,5-16,20H2,1-4H3,(H,32,36). The topological polar surface area (TPSA) is 165 Å². The van der Waals surface area contributed by atoms with Gasteiger partial charge in [0.05, 0.1) is 46.2 Å². The molecule has 2 aromatic rings. The van der Waals surface area contributed by atoms with Crippen LogP contribution in [-0.2, 0) is 23.7 Å². The van der Waals surface area contributed by atoms with Gasteiger partial charge >= 0.3 is 11.6 Å².